The number of rotatable bonds is 1. The summed E-state index contributed by atoms with van der Waals surface area (Å²) in [4.78, 5) is 0. The number of nitrogens with zero attached hydrogens (tertiary/aromatic N) is 1. The Kier molecular flexibility index (Phi) is 3.71. The fourth-order valence-corrected chi connectivity index (χ4v) is 1.27. The summed E-state index contributed by atoms with van der Waals surface area (Å²) in [7, 11) is 1.97. The third-order valence-corrected chi connectivity index (χ3v) is 2.02. The summed E-state index contributed by atoms with van der Waals surface area (Å²) in [5, 5.41) is 0. The maximum Gasteiger partial charge on any atom is 2.00 e. The van der Waals surface area contributed by atoms with E-state index in [4.69, 9.17) is 0 Å². The quantitative estimate of drug-likeness (QED) is 0.695. The standard InChI is InChI=1S/C12H11N.W/c1-10-3-5-11(6-4-10)12-7-8-13(2)9-12;/h3-5,7-8H,1-2H3;/q-2;+2. The third kappa shape index (κ3) is 2.36. The van der Waals surface area contributed by atoms with Crippen LogP contribution >= 0.6 is 0 Å². The van der Waals surface area contributed by atoms with E-state index in [1.54, 1.807) is 0 Å². The van der Waals surface area contributed by atoms with Gasteiger partial charge in [0, 0.05) is 0 Å². The minimum atomic E-state index is 0. The van der Waals surface area contributed by atoms with Gasteiger partial charge in [0.2, 0.25) is 0 Å². The van der Waals surface area contributed by atoms with E-state index in [9.17, 15) is 0 Å². The van der Waals surface area contributed by atoms with Crippen LogP contribution in [-0.4, -0.2) is 4.57 Å². The Morgan fingerprint density at radius 3 is 2.43 bits per heavy atom. The predicted octanol–water partition coefficient (Wildman–Crippen LogP) is 2.60. The topological polar surface area (TPSA) is 4.93 Å². The summed E-state index contributed by atoms with van der Waals surface area (Å²) < 4.78 is 1.92. The average molecular weight is 353 g/mol. The molecule has 0 amide bonds. The van der Waals surface area contributed by atoms with E-state index in [2.05, 4.69) is 31.3 Å². The molecule has 0 N–H and O–H groups in total. The molecule has 0 unspecified atom stereocenters. The van der Waals surface area contributed by atoms with Gasteiger partial charge in [-0.05, 0) is 7.05 Å². The summed E-state index contributed by atoms with van der Waals surface area (Å²) in [5.74, 6) is 0. The molecule has 0 aliphatic heterocycles. The summed E-state index contributed by atoms with van der Waals surface area (Å²) >= 11 is 0. The summed E-state index contributed by atoms with van der Waals surface area (Å²) in [6.45, 7) is 2.06. The summed E-state index contributed by atoms with van der Waals surface area (Å²) in [5.41, 5.74) is 3.44. The van der Waals surface area contributed by atoms with Gasteiger partial charge >= 0.3 is 21.1 Å². The largest absolute Gasteiger partial charge is 2.00 e. The van der Waals surface area contributed by atoms with Crippen LogP contribution in [-0.2, 0) is 28.1 Å². The molecule has 0 fully saturated rings. The van der Waals surface area contributed by atoms with Gasteiger partial charge in [0.25, 0.3) is 0 Å². The minimum Gasteiger partial charge on any atom is -0.452 e. The summed E-state index contributed by atoms with van der Waals surface area (Å²) in [6.07, 6.45) is 5.19. The maximum atomic E-state index is 3.22. The van der Waals surface area contributed by atoms with E-state index in [1.165, 1.54) is 5.56 Å². The zero-order valence-corrected chi connectivity index (χ0v) is 11.2. The fourth-order valence-electron chi connectivity index (χ4n) is 1.27. The van der Waals surface area contributed by atoms with Crippen LogP contribution in [0, 0.1) is 19.2 Å². The van der Waals surface area contributed by atoms with Crippen molar-refractivity contribution in [3.8, 4) is 11.1 Å². The second-order valence-corrected chi connectivity index (χ2v) is 3.23. The zero-order chi connectivity index (χ0) is 9.26. The van der Waals surface area contributed by atoms with Crippen molar-refractivity contribution in [2.75, 3.05) is 0 Å². The second kappa shape index (κ2) is 4.61. The fraction of sp³-hybridized carbons (Fsp3) is 0.167. The van der Waals surface area contributed by atoms with Crippen LogP contribution in [0.3, 0.4) is 0 Å². The molecular formula is C12H11NW. The van der Waals surface area contributed by atoms with Gasteiger partial charge in [-0.25, -0.2) is 17.2 Å². The van der Waals surface area contributed by atoms with Crippen LogP contribution in [0.5, 0.6) is 0 Å². The predicted molar refractivity (Wildman–Crippen MR) is 53.3 cm³/mol. The van der Waals surface area contributed by atoms with Crippen LogP contribution in [0.15, 0.2) is 30.5 Å². The molecule has 1 aromatic heterocycles. The monoisotopic (exact) mass is 353 g/mol. The van der Waals surface area contributed by atoms with Gasteiger partial charge < -0.3 is 4.57 Å². The average Bonchev–Trinajstić information content (AvgIpc) is 2.53. The molecule has 0 aliphatic rings. The number of aryl methyl sites for hydroxylation is 2. The van der Waals surface area contributed by atoms with E-state index in [-0.39, 0.29) is 21.1 Å². The molecule has 2 rings (SSSR count). The van der Waals surface area contributed by atoms with Crippen LogP contribution in [0.4, 0.5) is 0 Å². The van der Waals surface area contributed by atoms with Gasteiger partial charge in [-0.1, -0.05) is 6.92 Å². The van der Waals surface area contributed by atoms with Crippen LogP contribution in [0.2, 0.25) is 0 Å². The first-order valence-corrected chi connectivity index (χ1v) is 4.29. The van der Waals surface area contributed by atoms with Crippen molar-refractivity contribution >= 4 is 0 Å². The number of hydrogen-bond donors (Lipinski definition) is 0. The molecular weight excluding hydrogens is 342 g/mol. The Morgan fingerprint density at radius 1 is 1.14 bits per heavy atom. The van der Waals surface area contributed by atoms with Gasteiger partial charge in [-0.3, -0.25) is 0 Å². The number of aromatic nitrogens is 1. The van der Waals surface area contributed by atoms with Gasteiger partial charge in [0.1, 0.15) is 0 Å². The third-order valence-electron chi connectivity index (χ3n) is 2.02. The molecule has 1 nitrogen and oxygen atoms in total. The molecule has 0 aliphatic carbocycles. The van der Waals surface area contributed by atoms with Gasteiger partial charge in [-0.2, -0.15) is 24.3 Å². The van der Waals surface area contributed by atoms with E-state index in [1.807, 2.05) is 29.9 Å². The molecule has 1 heterocycles. The van der Waals surface area contributed by atoms with E-state index in [0.717, 1.165) is 11.1 Å². The van der Waals surface area contributed by atoms with E-state index >= 15 is 0 Å². The molecule has 0 saturated carbocycles. The van der Waals surface area contributed by atoms with Gasteiger partial charge in [-0.15, -0.1) is 18.0 Å². The van der Waals surface area contributed by atoms with Crippen molar-refractivity contribution in [2.45, 2.75) is 6.92 Å². The molecule has 0 saturated heterocycles. The number of benzene rings is 1. The maximum absolute atomic E-state index is 3.22. The van der Waals surface area contributed by atoms with Crippen molar-refractivity contribution in [3.63, 3.8) is 0 Å². The van der Waals surface area contributed by atoms with E-state index < -0.39 is 0 Å². The van der Waals surface area contributed by atoms with Crippen molar-refractivity contribution in [3.05, 3.63) is 48.3 Å². The van der Waals surface area contributed by atoms with Gasteiger partial charge in [0.05, 0.1) is 0 Å². The summed E-state index contributed by atoms with van der Waals surface area (Å²) in [6, 6.07) is 11.4. The van der Waals surface area contributed by atoms with Crippen LogP contribution < -0.4 is 0 Å². The Morgan fingerprint density at radius 2 is 1.93 bits per heavy atom. The molecule has 2 heteroatoms. The molecule has 0 radical (unpaired) electrons. The minimum absolute atomic E-state index is 0. The molecule has 14 heavy (non-hydrogen) atoms. The Bertz CT molecular complexity index is 401. The normalized spacial score (nSPS) is 9.57. The van der Waals surface area contributed by atoms with Crippen molar-refractivity contribution in [1.82, 2.24) is 4.57 Å². The molecule has 2 aromatic rings. The van der Waals surface area contributed by atoms with Crippen LogP contribution in [0.1, 0.15) is 5.56 Å². The molecule has 70 valence electrons. The van der Waals surface area contributed by atoms with Crippen molar-refractivity contribution in [2.24, 2.45) is 7.05 Å². The Balaban J connectivity index is 0.000000980. The van der Waals surface area contributed by atoms with Crippen molar-refractivity contribution < 1.29 is 21.1 Å². The van der Waals surface area contributed by atoms with Crippen molar-refractivity contribution in [1.29, 1.82) is 0 Å². The first-order chi connectivity index (χ1) is 6.25. The van der Waals surface area contributed by atoms with Gasteiger partial charge in [0.15, 0.2) is 0 Å². The SMILES string of the molecule is Cc1c[c-]c(-c2[c-]n(C)cc2)cc1.[W+2]. The first kappa shape index (κ1) is 11.3. The second-order valence-electron chi connectivity index (χ2n) is 3.23. The number of hydrogen-bond acceptors (Lipinski definition) is 0. The molecule has 0 bridgehead atoms. The van der Waals surface area contributed by atoms with E-state index in [0.29, 0.717) is 0 Å². The van der Waals surface area contributed by atoms with Crippen LogP contribution in [0.25, 0.3) is 11.1 Å². The first-order valence-electron chi connectivity index (χ1n) is 4.29. The Hall–Kier alpha value is -0.812. The molecule has 0 spiro atoms. The molecule has 1 aromatic carbocycles. The zero-order valence-electron chi connectivity index (χ0n) is 8.24. The molecule has 0 atom stereocenters. The Labute approximate surface area is 99.0 Å². The smallest absolute Gasteiger partial charge is 0.452 e.